The molecule has 0 fully saturated rings. The molecule has 0 saturated carbocycles. The van der Waals surface area contributed by atoms with Crippen LogP contribution in [-0.2, 0) is 14.4 Å². The Hall–Kier alpha value is -4.18. The molecule has 39 heavy (non-hydrogen) atoms. The number of carbonyl (C=O) groups excluding carboxylic acids is 3. The molecule has 0 bridgehead atoms. The number of hydrogen-bond acceptors (Lipinski definition) is 6. The number of nitrogens with one attached hydrogen (secondary N) is 3. The predicted octanol–water partition coefficient (Wildman–Crippen LogP) is 5.19. The summed E-state index contributed by atoms with van der Waals surface area (Å²) in [5.74, 6) is -1.34. The second-order valence-corrected chi connectivity index (χ2v) is 9.78. The summed E-state index contributed by atoms with van der Waals surface area (Å²) in [5, 5.41) is 9.25. The number of hydrogen-bond donors (Lipinski definition) is 3. The molecule has 0 aliphatic carbocycles. The SMILES string of the molecule is CCOc1cc(/C=N\NC(=O)C(=O)Nc2ccc(C)c(C)c2)cc(Br)c1OCC(=O)Nc1cc(C)cc(C)c1. The number of rotatable bonds is 9. The molecule has 3 aromatic carbocycles. The van der Waals surface area contributed by atoms with Crippen molar-refractivity contribution in [1.82, 2.24) is 5.43 Å². The number of aryl methyl sites for hydroxylation is 4. The first-order chi connectivity index (χ1) is 18.5. The van der Waals surface area contributed by atoms with Crippen LogP contribution in [0.5, 0.6) is 11.5 Å². The van der Waals surface area contributed by atoms with E-state index in [2.05, 4.69) is 37.1 Å². The van der Waals surface area contributed by atoms with Crippen LogP contribution in [0.2, 0.25) is 0 Å². The van der Waals surface area contributed by atoms with Crippen molar-refractivity contribution in [1.29, 1.82) is 0 Å². The molecule has 9 nitrogen and oxygen atoms in total. The Bertz CT molecular complexity index is 1400. The third-order valence-electron chi connectivity index (χ3n) is 5.54. The zero-order chi connectivity index (χ0) is 28.5. The zero-order valence-electron chi connectivity index (χ0n) is 22.5. The molecule has 0 heterocycles. The molecule has 0 aliphatic heterocycles. The van der Waals surface area contributed by atoms with Gasteiger partial charge < -0.3 is 20.1 Å². The maximum absolute atomic E-state index is 12.5. The number of ether oxygens (including phenoxy) is 2. The number of halogens is 1. The molecule has 3 rings (SSSR count). The van der Waals surface area contributed by atoms with E-state index in [0.717, 1.165) is 22.3 Å². The largest absolute Gasteiger partial charge is 0.490 e. The van der Waals surface area contributed by atoms with Crippen LogP contribution in [0.4, 0.5) is 11.4 Å². The molecule has 0 spiro atoms. The summed E-state index contributed by atoms with van der Waals surface area (Å²) in [5.41, 5.74) is 8.16. The van der Waals surface area contributed by atoms with Crippen LogP contribution < -0.4 is 25.5 Å². The van der Waals surface area contributed by atoms with Crippen LogP contribution in [0.25, 0.3) is 0 Å². The topological polar surface area (TPSA) is 118 Å². The van der Waals surface area contributed by atoms with Gasteiger partial charge in [0.15, 0.2) is 18.1 Å². The fraction of sp³-hybridized carbons (Fsp3) is 0.241. The number of hydrazone groups is 1. The van der Waals surface area contributed by atoms with E-state index in [9.17, 15) is 14.4 Å². The Labute approximate surface area is 236 Å². The minimum absolute atomic E-state index is 0.231. The van der Waals surface area contributed by atoms with Crippen molar-refractivity contribution in [2.75, 3.05) is 23.8 Å². The minimum Gasteiger partial charge on any atom is -0.490 e. The molecular formula is C29H31BrN4O5. The van der Waals surface area contributed by atoms with E-state index < -0.39 is 11.8 Å². The molecular weight excluding hydrogens is 564 g/mol. The lowest BCUT2D eigenvalue weighted by atomic mass is 10.1. The standard InChI is InChI=1S/C29H31BrN4O5/c1-6-38-25-14-21(15-31-34-29(37)28(36)33-22-8-7-19(4)20(5)12-22)13-24(30)27(25)39-16-26(35)32-23-10-17(2)9-18(3)11-23/h7-15H,6,16H2,1-5H3,(H,32,35)(H,33,36)(H,34,37)/b31-15-. The van der Waals surface area contributed by atoms with Gasteiger partial charge in [-0.25, -0.2) is 5.43 Å². The fourth-order valence-electron chi connectivity index (χ4n) is 3.67. The first kappa shape index (κ1) is 29.4. The van der Waals surface area contributed by atoms with E-state index in [4.69, 9.17) is 9.47 Å². The van der Waals surface area contributed by atoms with Crippen LogP contribution in [0, 0.1) is 27.7 Å². The molecule has 10 heteroatoms. The molecule has 3 amide bonds. The monoisotopic (exact) mass is 594 g/mol. The number of carbonyl (C=O) groups is 3. The fourth-order valence-corrected chi connectivity index (χ4v) is 4.24. The van der Waals surface area contributed by atoms with Crippen molar-refractivity contribution in [2.45, 2.75) is 34.6 Å². The molecule has 0 saturated heterocycles. The molecule has 0 aliphatic rings. The van der Waals surface area contributed by atoms with E-state index in [0.29, 0.717) is 39.5 Å². The summed E-state index contributed by atoms with van der Waals surface area (Å²) in [6.07, 6.45) is 1.37. The van der Waals surface area contributed by atoms with Gasteiger partial charge in [0.1, 0.15) is 0 Å². The molecule has 3 N–H and O–H groups in total. The summed E-state index contributed by atoms with van der Waals surface area (Å²) in [7, 11) is 0. The van der Waals surface area contributed by atoms with Gasteiger partial charge in [-0.1, -0.05) is 12.1 Å². The summed E-state index contributed by atoms with van der Waals surface area (Å²) in [6.45, 7) is 9.74. The third kappa shape index (κ3) is 8.68. The Morgan fingerprint density at radius 2 is 1.56 bits per heavy atom. The van der Waals surface area contributed by atoms with Crippen LogP contribution in [-0.4, -0.2) is 37.1 Å². The minimum atomic E-state index is -0.914. The summed E-state index contributed by atoms with van der Waals surface area (Å²) in [6, 6.07) is 14.5. The van der Waals surface area contributed by atoms with Crippen molar-refractivity contribution < 1.29 is 23.9 Å². The van der Waals surface area contributed by atoms with Gasteiger partial charge in [0.2, 0.25) is 0 Å². The van der Waals surface area contributed by atoms with Crippen LogP contribution in [0.1, 0.15) is 34.7 Å². The number of amides is 3. The van der Waals surface area contributed by atoms with E-state index in [1.54, 1.807) is 24.3 Å². The van der Waals surface area contributed by atoms with Crippen molar-refractivity contribution >= 4 is 51.2 Å². The average molecular weight is 595 g/mol. The second-order valence-electron chi connectivity index (χ2n) is 8.93. The van der Waals surface area contributed by atoms with Crippen molar-refractivity contribution in [3.05, 3.63) is 80.8 Å². The van der Waals surface area contributed by atoms with E-state index in [1.165, 1.54) is 6.21 Å². The number of benzene rings is 3. The first-order valence-corrected chi connectivity index (χ1v) is 13.0. The molecule has 0 unspecified atom stereocenters. The van der Waals surface area contributed by atoms with Crippen molar-refractivity contribution in [2.24, 2.45) is 5.10 Å². The van der Waals surface area contributed by atoms with Crippen molar-refractivity contribution in [3.63, 3.8) is 0 Å². The number of nitrogens with zero attached hydrogens (tertiary/aromatic N) is 1. The van der Waals surface area contributed by atoms with E-state index in [-0.39, 0.29) is 12.5 Å². The number of anilines is 2. The highest BCUT2D eigenvalue weighted by Gasteiger charge is 2.15. The molecule has 204 valence electrons. The summed E-state index contributed by atoms with van der Waals surface area (Å²) >= 11 is 3.45. The van der Waals surface area contributed by atoms with Gasteiger partial charge in [-0.05, 0) is 115 Å². The van der Waals surface area contributed by atoms with Gasteiger partial charge >= 0.3 is 11.8 Å². The lowest BCUT2D eigenvalue weighted by Gasteiger charge is -2.15. The van der Waals surface area contributed by atoms with Gasteiger partial charge in [0.05, 0.1) is 17.3 Å². The van der Waals surface area contributed by atoms with E-state index >= 15 is 0 Å². The normalized spacial score (nSPS) is 10.7. The van der Waals surface area contributed by atoms with Gasteiger partial charge in [-0.3, -0.25) is 14.4 Å². The quantitative estimate of drug-likeness (QED) is 0.179. The highest BCUT2D eigenvalue weighted by Crippen LogP contribution is 2.36. The average Bonchev–Trinajstić information content (AvgIpc) is 2.85. The second kappa shape index (κ2) is 13.6. The maximum Gasteiger partial charge on any atom is 0.329 e. The third-order valence-corrected chi connectivity index (χ3v) is 6.12. The Balaban J connectivity index is 1.62. The van der Waals surface area contributed by atoms with Crippen LogP contribution >= 0.6 is 15.9 Å². The zero-order valence-corrected chi connectivity index (χ0v) is 24.1. The van der Waals surface area contributed by atoms with Gasteiger partial charge in [-0.15, -0.1) is 0 Å². The van der Waals surface area contributed by atoms with Gasteiger partial charge in [-0.2, -0.15) is 5.10 Å². The van der Waals surface area contributed by atoms with Crippen LogP contribution in [0.3, 0.4) is 0 Å². The highest BCUT2D eigenvalue weighted by atomic mass is 79.9. The van der Waals surface area contributed by atoms with E-state index in [1.807, 2.05) is 58.9 Å². The Kier molecular flexibility index (Phi) is 10.2. The predicted molar refractivity (Wildman–Crippen MR) is 156 cm³/mol. The Morgan fingerprint density at radius 3 is 2.23 bits per heavy atom. The molecule has 0 aromatic heterocycles. The lowest BCUT2D eigenvalue weighted by molar-refractivity contribution is -0.136. The summed E-state index contributed by atoms with van der Waals surface area (Å²) in [4.78, 5) is 36.8. The van der Waals surface area contributed by atoms with Crippen molar-refractivity contribution in [3.8, 4) is 11.5 Å². The molecule has 3 aromatic rings. The van der Waals surface area contributed by atoms with Gasteiger partial charge in [0.25, 0.3) is 5.91 Å². The van der Waals surface area contributed by atoms with Crippen LogP contribution in [0.15, 0.2) is 58.1 Å². The first-order valence-electron chi connectivity index (χ1n) is 12.2. The molecule has 0 atom stereocenters. The Morgan fingerprint density at radius 1 is 0.846 bits per heavy atom. The highest BCUT2D eigenvalue weighted by molar-refractivity contribution is 9.10. The maximum atomic E-state index is 12.5. The lowest BCUT2D eigenvalue weighted by Crippen LogP contribution is -2.32. The summed E-state index contributed by atoms with van der Waals surface area (Å²) < 4.78 is 12.0. The smallest absolute Gasteiger partial charge is 0.329 e. The van der Waals surface area contributed by atoms with Gasteiger partial charge in [0, 0.05) is 11.4 Å². The molecule has 0 radical (unpaired) electrons.